The van der Waals surface area contributed by atoms with Crippen LogP contribution in [0, 0.1) is 13.8 Å². The van der Waals surface area contributed by atoms with Gasteiger partial charge in [-0.05, 0) is 31.7 Å². The molecule has 27 heavy (non-hydrogen) atoms. The highest BCUT2D eigenvalue weighted by Gasteiger charge is 2.41. The van der Waals surface area contributed by atoms with E-state index in [2.05, 4.69) is 15.4 Å². The molecular weight excluding hydrogens is 397 g/mol. The van der Waals surface area contributed by atoms with Gasteiger partial charge in [-0.1, -0.05) is 29.5 Å². The van der Waals surface area contributed by atoms with Crippen LogP contribution >= 0.6 is 23.1 Å². The van der Waals surface area contributed by atoms with Crippen molar-refractivity contribution >= 4 is 34.1 Å². The van der Waals surface area contributed by atoms with E-state index >= 15 is 0 Å². The molecule has 0 saturated carbocycles. The lowest BCUT2D eigenvalue weighted by Crippen LogP contribution is -2.21. The lowest BCUT2D eigenvalue weighted by molar-refractivity contribution is -0.143. The molecule has 5 nitrogen and oxygen atoms in total. The molecule has 142 valence electrons. The maximum Gasteiger partial charge on any atom is 0.434 e. The van der Waals surface area contributed by atoms with E-state index in [0.717, 1.165) is 20.8 Å². The van der Waals surface area contributed by atoms with E-state index in [4.69, 9.17) is 0 Å². The molecule has 0 bridgehead atoms. The van der Waals surface area contributed by atoms with Crippen LogP contribution in [-0.2, 0) is 6.18 Å². The van der Waals surface area contributed by atoms with Crippen LogP contribution in [0.1, 0.15) is 27.3 Å². The van der Waals surface area contributed by atoms with Gasteiger partial charge in [0.25, 0.3) is 5.91 Å². The fourth-order valence-electron chi connectivity index (χ4n) is 2.56. The Bertz CT molecular complexity index is 994. The van der Waals surface area contributed by atoms with Crippen LogP contribution < -0.4 is 5.32 Å². The second-order valence-corrected chi connectivity index (χ2v) is 7.73. The topological polar surface area (TPSA) is 59.8 Å². The molecular formula is C17H15F3N4OS2. The van der Waals surface area contributed by atoms with Crippen molar-refractivity contribution < 1.29 is 18.0 Å². The van der Waals surface area contributed by atoms with Crippen LogP contribution in [0.3, 0.4) is 0 Å². The normalized spacial score (nSPS) is 11.6. The van der Waals surface area contributed by atoms with Crippen molar-refractivity contribution in [3.8, 4) is 5.69 Å². The average Bonchev–Trinajstić information content (AvgIpc) is 3.18. The van der Waals surface area contributed by atoms with Gasteiger partial charge in [0.05, 0.1) is 27.4 Å². The minimum Gasteiger partial charge on any atom is -0.298 e. The number of para-hydroxylation sites is 1. The van der Waals surface area contributed by atoms with Gasteiger partial charge in [-0.3, -0.25) is 10.1 Å². The summed E-state index contributed by atoms with van der Waals surface area (Å²) in [6.07, 6.45) is -1.96. The summed E-state index contributed by atoms with van der Waals surface area (Å²) in [6, 6.07) is 6.54. The summed E-state index contributed by atoms with van der Waals surface area (Å²) in [5, 5.41) is 6.53. The Labute approximate surface area is 161 Å². The highest BCUT2D eigenvalue weighted by molar-refractivity contribution is 8.00. The third kappa shape index (κ3) is 3.86. The number of halogens is 3. The SMILES string of the molecule is CSc1sc(NC(=O)c2cnn(-c3ccccc3C)c2C(F)(F)F)nc1C. The number of nitrogens with zero attached hydrogens (tertiary/aromatic N) is 3. The van der Waals surface area contributed by atoms with Crippen molar-refractivity contribution in [2.24, 2.45) is 0 Å². The molecule has 0 aliphatic heterocycles. The maximum absolute atomic E-state index is 13.7. The zero-order chi connectivity index (χ0) is 19.8. The summed E-state index contributed by atoms with van der Waals surface area (Å²) in [4.78, 5) is 16.7. The van der Waals surface area contributed by atoms with Gasteiger partial charge in [-0.2, -0.15) is 18.3 Å². The number of carbonyl (C=O) groups excluding carboxylic acids is 1. The quantitative estimate of drug-likeness (QED) is 0.617. The second-order valence-electron chi connectivity index (χ2n) is 5.65. The fourth-order valence-corrected chi connectivity index (χ4v) is 4.17. The average molecular weight is 412 g/mol. The van der Waals surface area contributed by atoms with E-state index in [0.29, 0.717) is 5.56 Å². The van der Waals surface area contributed by atoms with Gasteiger partial charge in [-0.15, -0.1) is 11.8 Å². The van der Waals surface area contributed by atoms with Gasteiger partial charge < -0.3 is 0 Å². The summed E-state index contributed by atoms with van der Waals surface area (Å²) in [5.74, 6) is -0.899. The monoisotopic (exact) mass is 412 g/mol. The molecule has 0 fully saturated rings. The largest absolute Gasteiger partial charge is 0.434 e. The number of benzene rings is 1. The molecule has 0 saturated heterocycles. The Morgan fingerprint density at radius 1 is 1.26 bits per heavy atom. The number of amides is 1. The number of thioether (sulfide) groups is 1. The number of nitrogens with one attached hydrogen (secondary N) is 1. The van der Waals surface area contributed by atoms with Gasteiger partial charge >= 0.3 is 6.18 Å². The third-order valence-electron chi connectivity index (χ3n) is 3.79. The predicted molar refractivity (Wildman–Crippen MR) is 99.9 cm³/mol. The van der Waals surface area contributed by atoms with Crippen molar-refractivity contribution in [3.05, 3.63) is 53.0 Å². The highest BCUT2D eigenvalue weighted by Crippen LogP contribution is 2.35. The second kappa shape index (κ2) is 7.35. The maximum atomic E-state index is 13.7. The van der Waals surface area contributed by atoms with E-state index < -0.39 is 23.3 Å². The summed E-state index contributed by atoms with van der Waals surface area (Å²) in [6.45, 7) is 3.45. The van der Waals surface area contributed by atoms with E-state index in [1.165, 1.54) is 29.2 Å². The lowest BCUT2D eigenvalue weighted by Gasteiger charge is -2.14. The highest BCUT2D eigenvalue weighted by atomic mass is 32.2. The van der Waals surface area contributed by atoms with Crippen molar-refractivity contribution in [3.63, 3.8) is 0 Å². The summed E-state index contributed by atoms with van der Waals surface area (Å²) in [5.41, 5.74) is -0.0803. The van der Waals surface area contributed by atoms with Crippen LogP contribution in [0.5, 0.6) is 0 Å². The number of thiazole rings is 1. The number of hydrogen-bond donors (Lipinski definition) is 1. The molecule has 10 heteroatoms. The first-order chi connectivity index (χ1) is 12.7. The van der Waals surface area contributed by atoms with Crippen molar-refractivity contribution in [1.29, 1.82) is 0 Å². The molecule has 0 spiro atoms. The molecule has 0 aliphatic carbocycles. The van der Waals surface area contributed by atoms with Gasteiger partial charge in [0.15, 0.2) is 10.8 Å². The molecule has 0 aliphatic rings. The number of anilines is 1. The van der Waals surface area contributed by atoms with Gasteiger partial charge in [0, 0.05) is 0 Å². The number of rotatable bonds is 4. The molecule has 3 aromatic rings. The Morgan fingerprint density at radius 3 is 2.56 bits per heavy atom. The van der Waals surface area contributed by atoms with E-state index in [1.807, 2.05) is 6.26 Å². The predicted octanol–water partition coefficient (Wildman–Crippen LogP) is 4.94. The van der Waals surface area contributed by atoms with Crippen LogP contribution in [0.25, 0.3) is 5.69 Å². The van der Waals surface area contributed by atoms with Crippen molar-refractivity contribution in [1.82, 2.24) is 14.8 Å². The minimum absolute atomic E-state index is 0.249. The standard InChI is InChI=1S/C17H15F3N4OS2/c1-9-6-4-5-7-12(9)24-13(17(18,19)20)11(8-21-24)14(25)23-16-22-10(2)15(26-3)27-16/h4-8H,1-3H3,(H,22,23,25). The summed E-state index contributed by atoms with van der Waals surface area (Å²) < 4.78 is 42.8. The molecule has 1 amide bonds. The number of carbonyl (C=O) groups is 1. The van der Waals surface area contributed by atoms with Crippen molar-refractivity contribution in [2.45, 2.75) is 24.2 Å². The van der Waals surface area contributed by atoms with Crippen LogP contribution in [-0.4, -0.2) is 26.9 Å². The molecule has 2 heterocycles. The smallest absolute Gasteiger partial charge is 0.298 e. The Kier molecular flexibility index (Phi) is 5.29. The number of aromatic nitrogens is 3. The Morgan fingerprint density at radius 2 is 1.96 bits per heavy atom. The van der Waals surface area contributed by atoms with Gasteiger partial charge in [0.1, 0.15) is 0 Å². The summed E-state index contributed by atoms with van der Waals surface area (Å²) >= 11 is 2.67. The lowest BCUT2D eigenvalue weighted by atomic mass is 10.2. The number of aryl methyl sites for hydroxylation is 2. The van der Waals surface area contributed by atoms with Crippen molar-refractivity contribution in [2.75, 3.05) is 11.6 Å². The molecule has 2 aromatic heterocycles. The fraction of sp³-hybridized carbons (Fsp3) is 0.235. The third-order valence-corrected chi connectivity index (χ3v) is 6.07. The molecule has 1 N–H and O–H groups in total. The summed E-state index contributed by atoms with van der Waals surface area (Å²) in [7, 11) is 0. The zero-order valence-corrected chi connectivity index (χ0v) is 16.2. The van der Waals surface area contributed by atoms with Crippen LogP contribution in [0.15, 0.2) is 34.7 Å². The van der Waals surface area contributed by atoms with Gasteiger partial charge in [-0.25, -0.2) is 9.67 Å². The molecule has 0 atom stereocenters. The molecule has 1 aromatic carbocycles. The minimum atomic E-state index is -4.76. The van der Waals surface area contributed by atoms with Crippen LogP contribution in [0.4, 0.5) is 18.3 Å². The molecule has 0 unspecified atom stereocenters. The Hall–Kier alpha value is -2.33. The van der Waals surface area contributed by atoms with E-state index in [1.54, 1.807) is 32.0 Å². The first kappa shape index (κ1) is 19.4. The Balaban J connectivity index is 2.03. The van der Waals surface area contributed by atoms with Crippen LogP contribution in [0.2, 0.25) is 0 Å². The first-order valence-electron chi connectivity index (χ1n) is 7.76. The first-order valence-corrected chi connectivity index (χ1v) is 9.80. The van der Waals surface area contributed by atoms with Gasteiger partial charge in [0.2, 0.25) is 0 Å². The molecule has 3 rings (SSSR count). The number of alkyl halides is 3. The zero-order valence-electron chi connectivity index (χ0n) is 14.6. The number of hydrogen-bond acceptors (Lipinski definition) is 5. The van der Waals surface area contributed by atoms with E-state index in [9.17, 15) is 18.0 Å². The van der Waals surface area contributed by atoms with E-state index in [-0.39, 0.29) is 10.8 Å². The molecule has 0 radical (unpaired) electrons.